The highest BCUT2D eigenvalue weighted by Crippen LogP contribution is 2.30. The van der Waals surface area contributed by atoms with Gasteiger partial charge in [-0.25, -0.2) is 0 Å². The molecule has 27 heavy (non-hydrogen) atoms. The van der Waals surface area contributed by atoms with Gasteiger partial charge in [0.15, 0.2) is 6.19 Å². The number of hydrogen-bond donors (Lipinski definition) is 0. The Kier molecular flexibility index (Phi) is 5.12. The van der Waals surface area contributed by atoms with Crippen LogP contribution in [0.4, 0.5) is 13.2 Å². The molecule has 0 N–H and O–H groups in total. The quantitative estimate of drug-likeness (QED) is 0.495. The summed E-state index contributed by atoms with van der Waals surface area (Å²) in [5.41, 5.74) is 1.61. The Morgan fingerprint density at radius 1 is 1.07 bits per heavy atom. The molecule has 0 atom stereocenters. The predicted octanol–water partition coefficient (Wildman–Crippen LogP) is 4.26. The predicted molar refractivity (Wildman–Crippen MR) is 91.1 cm³/mol. The normalized spacial score (nSPS) is 11.2. The molecule has 138 valence electrons. The Morgan fingerprint density at radius 2 is 1.78 bits per heavy atom. The number of benzene rings is 2. The van der Waals surface area contributed by atoms with Crippen LogP contribution in [0.2, 0.25) is 0 Å². The number of nitriles is 1. The molecule has 0 bridgehead atoms. The lowest BCUT2D eigenvalue weighted by Crippen LogP contribution is -2.10. The number of halogens is 3. The highest BCUT2D eigenvalue weighted by atomic mass is 19.4. The van der Waals surface area contributed by atoms with Crippen molar-refractivity contribution in [3.8, 4) is 17.6 Å². The maximum Gasteiger partial charge on any atom is 0.416 e. The molecule has 0 unspecified atom stereocenters. The summed E-state index contributed by atoms with van der Waals surface area (Å²) in [5.74, 6) is 0.609. The first-order valence-electron chi connectivity index (χ1n) is 8.04. The van der Waals surface area contributed by atoms with Crippen LogP contribution >= 0.6 is 0 Å². The topological polar surface area (TPSA) is 66.0 Å². The van der Waals surface area contributed by atoms with E-state index in [1.165, 1.54) is 17.0 Å². The smallest absolute Gasteiger partial charge is 0.416 e. The first-order chi connectivity index (χ1) is 12.9. The van der Waals surface area contributed by atoms with Crippen molar-refractivity contribution in [1.29, 1.82) is 5.26 Å². The number of alkyl halides is 3. The van der Waals surface area contributed by atoms with Gasteiger partial charge in [-0.15, -0.1) is 10.2 Å². The summed E-state index contributed by atoms with van der Waals surface area (Å²) in [7, 11) is 1.60. The lowest BCUT2D eigenvalue weighted by atomic mass is 9.99. The summed E-state index contributed by atoms with van der Waals surface area (Å²) in [5, 5.41) is 16.8. The lowest BCUT2D eigenvalue weighted by molar-refractivity contribution is -0.137. The van der Waals surface area contributed by atoms with Gasteiger partial charge in [-0.1, -0.05) is 30.3 Å². The van der Waals surface area contributed by atoms with Crippen LogP contribution < -0.4 is 0 Å². The summed E-state index contributed by atoms with van der Waals surface area (Å²) in [6, 6.07) is 12.4. The van der Waals surface area contributed by atoms with E-state index in [1.807, 2.05) is 30.5 Å². The van der Waals surface area contributed by atoms with E-state index in [-0.39, 0.29) is 6.54 Å². The largest absolute Gasteiger partial charge is 0.419 e. The molecule has 0 saturated carbocycles. The molecule has 0 aliphatic rings. The van der Waals surface area contributed by atoms with E-state index in [1.54, 1.807) is 7.05 Å². The summed E-state index contributed by atoms with van der Waals surface area (Å²) < 4.78 is 43.7. The Morgan fingerprint density at radius 3 is 2.44 bits per heavy atom. The van der Waals surface area contributed by atoms with Gasteiger partial charge >= 0.3 is 6.18 Å². The van der Waals surface area contributed by atoms with E-state index in [9.17, 15) is 13.2 Å². The Bertz CT molecular complexity index is 958. The minimum atomic E-state index is -4.35. The fraction of sp³-hybridized carbons (Fsp3) is 0.211. The highest BCUT2D eigenvalue weighted by molar-refractivity contribution is 5.59. The van der Waals surface area contributed by atoms with Crippen LogP contribution in [0.1, 0.15) is 22.6 Å². The Balaban J connectivity index is 1.84. The second kappa shape index (κ2) is 7.50. The molecule has 8 heteroatoms. The van der Waals surface area contributed by atoms with Crippen LogP contribution in [0.15, 0.2) is 52.9 Å². The monoisotopic (exact) mass is 372 g/mol. The first-order valence-corrected chi connectivity index (χ1v) is 8.04. The van der Waals surface area contributed by atoms with E-state index >= 15 is 0 Å². The third-order valence-corrected chi connectivity index (χ3v) is 3.93. The molecule has 0 radical (unpaired) electrons. The molecule has 0 spiro atoms. The maximum atomic E-state index is 12.7. The van der Waals surface area contributed by atoms with Gasteiger partial charge < -0.3 is 9.32 Å². The zero-order chi connectivity index (χ0) is 19.4. The maximum absolute atomic E-state index is 12.7. The highest BCUT2D eigenvalue weighted by Gasteiger charge is 2.29. The van der Waals surface area contributed by atoms with Gasteiger partial charge in [-0.2, -0.15) is 18.4 Å². The fourth-order valence-electron chi connectivity index (χ4n) is 2.58. The summed E-state index contributed by atoms with van der Waals surface area (Å²) >= 11 is 0. The number of rotatable bonds is 5. The fourth-order valence-corrected chi connectivity index (χ4v) is 2.58. The van der Waals surface area contributed by atoms with Crippen LogP contribution in [-0.4, -0.2) is 22.1 Å². The Hall–Kier alpha value is -3.34. The first kappa shape index (κ1) is 18.5. The molecule has 0 aliphatic heterocycles. The van der Waals surface area contributed by atoms with Crippen molar-refractivity contribution in [3.63, 3.8) is 0 Å². The van der Waals surface area contributed by atoms with Crippen LogP contribution in [-0.2, 0) is 19.1 Å². The zero-order valence-corrected chi connectivity index (χ0v) is 14.4. The van der Waals surface area contributed by atoms with Gasteiger partial charge in [0.05, 0.1) is 5.56 Å². The second-order valence-electron chi connectivity index (χ2n) is 5.99. The number of nitrogens with zero attached hydrogens (tertiary/aromatic N) is 4. The van der Waals surface area contributed by atoms with Crippen LogP contribution in [0.3, 0.4) is 0 Å². The van der Waals surface area contributed by atoms with Crippen LogP contribution in [0.25, 0.3) is 11.5 Å². The SMILES string of the molecule is CN(C#N)Cc1nnc(-c2ccccc2Cc2ccc(C(F)(F)F)cc2)o1. The zero-order valence-electron chi connectivity index (χ0n) is 14.4. The minimum Gasteiger partial charge on any atom is -0.419 e. The van der Waals surface area contributed by atoms with Crippen LogP contribution in [0.5, 0.6) is 0 Å². The van der Waals surface area contributed by atoms with Gasteiger partial charge in [0.1, 0.15) is 6.54 Å². The van der Waals surface area contributed by atoms with Gasteiger partial charge in [0.2, 0.25) is 11.8 Å². The van der Waals surface area contributed by atoms with Crippen molar-refractivity contribution in [3.05, 3.63) is 71.1 Å². The van der Waals surface area contributed by atoms with Gasteiger partial charge in [0, 0.05) is 12.6 Å². The van der Waals surface area contributed by atoms with Crippen molar-refractivity contribution in [2.24, 2.45) is 0 Å². The average Bonchev–Trinajstić information content (AvgIpc) is 3.10. The standard InChI is InChI=1S/C19H15F3N4O/c1-26(12-23)11-17-24-25-18(27-17)16-5-3-2-4-14(16)10-13-6-8-15(9-7-13)19(20,21)22/h2-9H,10-11H2,1H3. The molecule has 1 aromatic heterocycles. The summed E-state index contributed by atoms with van der Waals surface area (Å²) in [6.07, 6.45) is -1.99. The summed E-state index contributed by atoms with van der Waals surface area (Å²) in [6.45, 7) is 0.199. The molecule has 0 aliphatic carbocycles. The van der Waals surface area contributed by atoms with E-state index in [4.69, 9.17) is 9.68 Å². The third-order valence-electron chi connectivity index (χ3n) is 3.93. The molecule has 0 amide bonds. The number of aromatic nitrogens is 2. The molecular formula is C19H15F3N4O. The molecule has 0 saturated heterocycles. The van der Waals surface area contributed by atoms with E-state index < -0.39 is 11.7 Å². The van der Waals surface area contributed by atoms with Crippen molar-refractivity contribution >= 4 is 0 Å². The minimum absolute atomic E-state index is 0.199. The van der Waals surface area contributed by atoms with Crippen molar-refractivity contribution in [2.75, 3.05) is 7.05 Å². The van der Waals surface area contributed by atoms with Crippen molar-refractivity contribution in [1.82, 2.24) is 15.1 Å². The molecule has 0 fully saturated rings. The van der Waals surface area contributed by atoms with Gasteiger partial charge in [-0.3, -0.25) is 0 Å². The number of hydrogen-bond acceptors (Lipinski definition) is 5. The molecular weight excluding hydrogens is 357 g/mol. The van der Waals surface area contributed by atoms with Crippen molar-refractivity contribution in [2.45, 2.75) is 19.1 Å². The van der Waals surface area contributed by atoms with Gasteiger partial charge in [-0.05, 0) is 35.7 Å². The molecule has 1 heterocycles. The molecule has 5 nitrogen and oxygen atoms in total. The van der Waals surface area contributed by atoms with Crippen LogP contribution in [0, 0.1) is 11.5 Å². The van der Waals surface area contributed by atoms with E-state index in [0.29, 0.717) is 23.8 Å². The molecule has 3 aromatic rings. The average molecular weight is 372 g/mol. The Labute approximate surface area is 153 Å². The molecule has 2 aromatic carbocycles. The molecule has 3 rings (SSSR count). The summed E-state index contributed by atoms with van der Waals surface area (Å²) in [4.78, 5) is 1.35. The lowest BCUT2D eigenvalue weighted by Gasteiger charge is -2.09. The second-order valence-corrected chi connectivity index (χ2v) is 5.99. The van der Waals surface area contributed by atoms with Gasteiger partial charge in [0.25, 0.3) is 0 Å². The van der Waals surface area contributed by atoms with Crippen molar-refractivity contribution < 1.29 is 17.6 Å². The van der Waals surface area contributed by atoms with E-state index in [0.717, 1.165) is 23.3 Å². The third kappa shape index (κ3) is 4.44. The van der Waals surface area contributed by atoms with E-state index in [2.05, 4.69) is 10.2 Å².